The molecule has 1 atom stereocenters. The summed E-state index contributed by atoms with van der Waals surface area (Å²) in [5, 5.41) is 0. The number of hydrogen-bond donors (Lipinski definition) is 1. The molecule has 0 spiro atoms. The van der Waals surface area contributed by atoms with Gasteiger partial charge in [0.15, 0.2) is 0 Å². The van der Waals surface area contributed by atoms with Crippen LogP contribution >= 0.6 is 0 Å². The fraction of sp³-hybridized carbons (Fsp3) is 0.450. The Morgan fingerprint density at radius 3 is 2.92 bits per heavy atom. The highest BCUT2D eigenvalue weighted by Crippen LogP contribution is 2.34. The minimum Gasteiger partial charge on any atom is -0.363 e. The molecule has 1 aliphatic carbocycles. The van der Waals surface area contributed by atoms with E-state index in [2.05, 4.69) is 9.97 Å². The largest absolute Gasteiger partial charge is 0.363 e. The summed E-state index contributed by atoms with van der Waals surface area (Å²) in [6.45, 7) is 0.680. The van der Waals surface area contributed by atoms with Crippen LogP contribution in [0.15, 0.2) is 29.2 Å². The first kappa shape index (κ1) is 16.8. The standard InChI is InChI=1S/C20H24N4O2/c1-23(2)18-12-14(8-9-21-18)17-7-4-10-24(17)20(26)15-11-13-5-3-6-16(13)22-19(15)25/h8-9,11-12,17H,3-7,10H2,1-2H3,(H,22,25)/t17-/m1/s1. The van der Waals surface area contributed by atoms with Gasteiger partial charge in [-0.3, -0.25) is 9.59 Å². The van der Waals surface area contributed by atoms with Crippen LogP contribution in [0.1, 0.15) is 52.5 Å². The predicted octanol–water partition coefficient (Wildman–Crippen LogP) is 2.30. The van der Waals surface area contributed by atoms with E-state index in [-0.39, 0.29) is 23.1 Å². The number of nitrogens with one attached hydrogen (secondary N) is 1. The average molecular weight is 352 g/mol. The van der Waals surface area contributed by atoms with Gasteiger partial charge >= 0.3 is 0 Å². The summed E-state index contributed by atoms with van der Waals surface area (Å²) in [5.74, 6) is 0.712. The lowest BCUT2D eigenvalue weighted by Crippen LogP contribution is -2.35. The monoisotopic (exact) mass is 352 g/mol. The number of aromatic nitrogens is 2. The van der Waals surface area contributed by atoms with E-state index in [0.717, 1.165) is 54.7 Å². The number of nitrogens with zero attached hydrogens (tertiary/aromatic N) is 3. The maximum absolute atomic E-state index is 13.2. The smallest absolute Gasteiger partial charge is 0.261 e. The number of H-pyrrole nitrogens is 1. The second-order valence-electron chi connectivity index (χ2n) is 7.37. The van der Waals surface area contributed by atoms with Gasteiger partial charge in [0.25, 0.3) is 11.5 Å². The molecule has 2 aromatic rings. The van der Waals surface area contributed by atoms with Gasteiger partial charge in [0, 0.05) is 32.5 Å². The van der Waals surface area contributed by atoms with Crippen LogP contribution in [0.4, 0.5) is 5.82 Å². The van der Waals surface area contributed by atoms with Gasteiger partial charge in [0.2, 0.25) is 0 Å². The molecule has 3 heterocycles. The number of amides is 1. The third kappa shape index (κ3) is 2.89. The van der Waals surface area contributed by atoms with Crippen molar-refractivity contribution in [2.24, 2.45) is 0 Å². The predicted molar refractivity (Wildman–Crippen MR) is 101 cm³/mol. The summed E-state index contributed by atoms with van der Waals surface area (Å²) in [6.07, 6.45) is 6.51. The van der Waals surface area contributed by atoms with E-state index >= 15 is 0 Å². The molecule has 136 valence electrons. The Morgan fingerprint density at radius 2 is 2.12 bits per heavy atom. The van der Waals surface area contributed by atoms with E-state index in [0.29, 0.717) is 6.54 Å². The van der Waals surface area contributed by atoms with Crippen molar-refractivity contribution in [3.05, 3.63) is 57.1 Å². The first-order valence-corrected chi connectivity index (χ1v) is 9.24. The molecule has 1 saturated heterocycles. The average Bonchev–Trinajstić information content (AvgIpc) is 3.29. The third-order valence-electron chi connectivity index (χ3n) is 5.44. The highest BCUT2D eigenvalue weighted by Gasteiger charge is 2.32. The Labute approximate surface area is 152 Å². The lowest BCUT2D eigenvalue weighted by atomic mass is 10.0. The number of fused-ring (bicyclic) bond motifs is 1. The van der Waals surface area contributed by atoms with Crippen molar-refractivity contribution >= 4 is 11.7 Å². The van der Waals surface area contributed by atoms with Crippen LogP contribution in [-0.4, -0.2) is 41.4 Å². The number of hydrogen-bond acceptors (Lipinski definition) is 4. The van der Waals surface area contributed by atoms with Gasteiger partial charge in [-0.25, -0.2) is 4.98 Å². The maximum atomic E-state index is 13.2. The molecule has 26 heavy (non-hydrogen) atoms. The van der Waals surface area contributed by atoms with Crippen molar-refractivity contribution in [3.63, 3.8) is 0 Å². The SMILES string of the molecule is CN(C)c1cc([C@H]2CCCN2C(=O)c2cc3c([nH]c2=O)CCC3)ccn1. The van der Waals surface area contributed by atoms with E-state index in [9.17, 15) is 9.59 Å². The summed E-state index contributed by atoms with van der Waals surface area (Å²) in [4.78, 5) is 36.7. The molecule has 0 saturated carbocycles. The Hall–Kier alpha value is -2.63. The van der Waals surface area contributed by atoms with Gasteiger partial charge in [-0.15, -0.1) is 0 Å². The zero-order valence-electron chi connectivity index (χ0n) is 15.3. The van der Waals surface area contributed by atoms with Crippen molar-refractivity contribution in [1.82, 2.24) is 14.9 Å². The number of aryl methyl sites for hydroxylation is 2. The van der Waals surface area contributed by atoms with Gasteiger partial charge in [0.05, 0.1) is 6.04 Å². The van der Waals surface area contributed by atoms with Crippen LogP contribution in [0.2, 0.25) is 0 Å². The van der Waals surface area contributed by atoms with Gasteiger partial charge in [-0.2, -0.15) is 0 Å². The molecule has 0 radical (unpaired) electrons. The molecule has 1 fully saturated rings. The van der Waals surface area contributed by atoms with Crippen LogP contribution in [0.3, 0.4) is 0 Å². The lowest BCUT2D eigenvalue weighted by molar-refractivity contribution is 0.0733. The number of carbonyl (C=O) groups excluding carboxylic acids is 1. The highest BCUT2D eigenvalue weighted by molar-refractivity contribution is 5.94. The lowest BCUT2D eigenvalue weighted by Gasteiger charge is -2.26. The van der Waals surface area contributed by atoms with Gasteiger partial charge < -0.3 is 14.8 Å². The fourth-order valence-electron chi connectivity index (χ4n) is 4.07. The van der Waals surface area contributed by atoms with Crippen LogP contribution in [0.25, 0.3) is 0 Å². The second-order valence-corrected chi connectivity index (χ2v) is 7.37. The van der Waals surface area contributed by atoms with Crippen molar-refractivity contribution in [3.8, 4) is 0 Å². The molecule has 0 aromatic carbocycles. The topological polar surface area (TPSA) is 69.3 Å². The summed E-state index contributed by atoms with van der Waals surface area (Å²) >= 11 is 0. The minimum atomic E-state index is -0.259. The number of likely N-dealkylation sites (tertiary alicyclic amines) is 1. The number of rotatable bonds is 3. The summed E-state index contributed by atoms with van der Waals surface area (Å²) in [6, 6.07) is 5.81. The van der Waals surface area contributed by atoms with E-state index in [4.69, 9.17) is 0 Å². The van der Waals surface area contributed by atoms with Crippen LogP contribution in [-0.2, 0) is 12.8 Å². The van der Waals surface area contributed by atoms with Gasteiger partial charge in [0.1, 0.15) is 11.4 Å². The molecular weight excluding hydrogens is 328 g/mol. The molecule has 0 bridgehead atoms. The molecule has 6 heteroatoms. The van der Waals surface area contributed by atoms with Crippen molar-refractivity contribution in [1.29, 1.82) is 0 Å². The van der Waals surface area contributed by atoms with Gasteiger partial charge in [-0.05, 0) is 61.4 Å². The normalized spacial score (nSPS) is 18.8. The minimum absolute atomic E-state index is 0.00291. The van der Waals surface area contributed by atoms with Crippen LogP contribution in [0, 0.1) is 0 Å². The number of anilines is 1. The molecule has 2 aromatic heterocycles. The summed E-state index contributed by atoms with van der Waals surface area (Å²) < 4.78 is 0. The molecule has 0 unspecified atom stereocenters. The quantitative estimate of drug-likeness (QED) is 0.920. The zero-order valence-corrected chi connectivity index (χ0v) is 15.3. The molecule has 6 nitrogen and oxygen atoms in total. The number of pyridine rings is 2. The molecule has 1 aliphatic heterocycles. The Morgan fingerprint density at radius 1 is 1.27 bits per heavy atom. The summed E-state index contributed by atoms with van der Waals surface area (Å²) in [7, 11) is 3.90. The van der Waals surface area contributed by atoms with Crippen LogP contribution in [0.5, 0.6) is 0 Å². The fourth-order valence-corrected chi connectivity index (χ4v) is 4.07. The second kappa shape index (κ2) is 6.59. The number of carbonyl (C=O) groups is 1. The highest BCUT2D eigenvalue weighted by atomic mass is 16.2. The maximum Gasteiger partial charge on any atom is 0.261 e. The van der Waals surface area contributed by atoms with E-state index in [1.165, 1.54) is 0 Å². The Kier molecular flexibility index (Phi) is 4.26. The van der Waals surface area contributed by atoms with Crippen molar-refractivity contribution in [2.75, 3.05) is 25.5 Å². The van der Waals surface area contributed by atoms with E-state index in [1.807, 2.05) is 42.1 Å². The Balaban J connectivity index is 1.66. The van der Waals surface area contributed by atoms with E-state index in [1.54, 1.807) is 6.20 Å². The van der Waals surface area contributed by atoms with Gasteiger partial charge in [-0.1, -0.05) is 0 Å². The Bertz CT molecular complexity index is 903. The molecular formula is C20H24N4O2. The molecule has 1 amide bonds. The van der Waals surface area contributed by atoms with Crippen molar-refractivity contribution in [2.45, 2.75) is 38.1 Å². The molecule has 4 rings (SSSR count). The van der Waals surface area contributed by atoms with Crippen LogP contribution < -0.4 is 10.5 Å². The first-order valence-electron chi connectivity index (χ1n) is 9.24. The molecule has 1 N–H and O–H groups in total. The first-order chi connectivity index (χ1) is 12.5. The molecule has 2 aliphatic rings. The van der Waals surface area contributed by atoms with E-state index < -0.39 is 0 Å². The number of aromatic amines is 1. The zero-order chi connectivity index (χ0) is 18.3. The summed E-state index contributed by atoms with van der Waals surface area (Å²) in [5.41, 5.74) is 3.20. The van der Waals surface area contributed by atoms with Crippen molar-refractivity contribution < 1.29 is 4.79 Å². The third-order valence-corrected chi connectivity index (χ3v) is 5.44.